The van der Waals surface area contributed by atoms with Gasteiger partial charge in [0.25, 0.3) is 0 Å². The minimum Gasteiger partial charge on any atom is -0.542 e. The quantitative estimate of drug-likeness (QED) is 0.393. The number of quaternary nitrogens is 1. The number of hydrogen-bond acceptors (Lipinski definition) is 6. The smallest absolute Gasteiger partial charge is 0.430 e. The molecule has 0 rings (SSSR count). The fourth-order valence-electron chi connectivity index (χ4n) is 1.05. The number of rotatable bonds is 8. The van der Waals surface area contributed by atoms with E-state index in [1.54, 1.807) is 0 Å². The van der Waals surface area contributed by atoms with Gasteiger partial charge in [0.1, 0.15) is 5.97 Å². The van der Waals surface area contributed by atoms with Crippen molar-refractivity contribution in [1.29, 1.82) is 0 Å². The second-order valence-corrected chi connectivity index (χ2v) is 4.74. The zero-order valence-corrected chi connectivity index (χ0v) is 12.9. The predicted octanol–water partition coefficient (Wildman–Crippen LogP) is -1.74. The van der Waals surface area contributed by atoms with E-state index in [1.165, 1.54) is 0 Å². The van der Waals surface area contributed by atoms with E-state index in [-0.39, 0.29) is 18.8 Å². The first kappa shape index (κ1) is 23.4. The molecule has 136 valence electrons. The molecule has 0 aliphatic heterocycles. The number of nitrogens with zero attached hydrogens (tertiary/aromatic N) is 1. The monoisotopic (exact) mass is 346 g/mol. The zero-order chi connectivity index (χ0) is 18.6. The Kier molecular flexibility index (Phi) is 11.9. The Labute approximate surface area is 131 Å². The van der Waals surface area contributed by atoms with Crippen LogP contribution in [0.5, 0.6) is 0 Å². The molecule has 4 N–H and O–H groups in total. The van der Waals surface area contributed by atoms with Crippen LogP contribution in [0.15, 0.2) is 0 Å². The number of alkyl halides is 3. The summed E-state index contributed by atoms with van der Waals surface area (Å²) in [7, 11) is 3.89. The fourth-order valence-corrected chi connectivity index (χ4v) is 1.05. The van der Waals surface area contributed by atoms with E-state index in [1.807, 2.05) is 19.0 Å². The Hall–Kier alpha value is -1.88. The van der Waals surface area contributed by atoms with Crippen LogP contribution in [-0.4, -0.2) is 67.4 Å². The minimum absolute atomic E-state index is 0.114. The number of carbonyl (C=O) groups excluding carboxylic acids is 2. The lowest BCUT2D eigenvalue weighted by atomic mass is 10.2. The first-order valence-electron chi connectivity index (χ1n) is 6.52. The van der Waals surface area contributed by atoms with E-state index in [4.69, 9.17) is 19.7 Å². The summed E-state index contributed by atoms with van der Waals surface area (Å²) in [5.74, 6) is -4.35. The van der Waals surface area contributed by atoms with Gasteiger partial charge in [-0.15, -0.1) is 0 Å². The number of carboxylic acid groups (broad SMARTS) is 2. The summed E-state index contributed by atoms with van der Waals surface area (Å²) in [5, 5.41) is 17.3. The maximum Gasteiger partial charge on any atom is 0.430 e. The lowest BCUT2D eigenvalue weighted by Crippen LogP contribution is -2.64. The van der Waals surface area contributed by atoms with Crippen molar-refractivity contribution in [3.63, 3.8) is 0 Å². The second-order valence-electron chi connectivity index (χ2n) is 4.74. The summed E-state index contributed by atoms with van der Waals surface area (Å²) in [5.41, 5.74) is 3.42. The van der Waals surface area contributed by atoms with Crippen LogP contribution in [0.1, 0.15) is 19.3 Å². The normalized spacial score (nSPS) is 12.1. The van der Waals surface area contributed by atoms with Gasteiger partial charge < -0.3 is 30.4 Å². The summed E-state index contributed by atoms with van der Waals surface area (Å²) >= 11 is 0. The van der Waals surface area contributed by atoms with Crippen LogP contribution in [0.3, 0.4) is 0 Å². The number of ether oxygens (including phenoxy) is 1. The van der Waals surface area contributed by atoms with Gasteiger partial charge in [-0.05, 0) is 20.5 Å². The van der Waals surface area contributed by atoms with Gasteiger partial charge in [0.05, 0.1) is 13.0 Å². The highest BCUT2D eigenvalue weighted by Crippen LogP contribution is 2.11. The topological polar surface area (TPSA) is 135 Å². The van der Waals surface area contributed by atoms with Crippen molar-refractivity contribution < 1.29 is 48.2 Å². The average Bonchev–Trinajstić information content (AvgIpc) is 2.40. The lowest BCUT2D eigenvalue weighted by Gasteiger charge is -2.09. The molecule has 0 spiro atoms. The Bertz CT molecular complexity index is 387. The molecule has 0 heterocycles. The summed E-state index contributed by atoms with van der Waals surface area (Å²) in [6, 6.07) is -0.741. The number of esters is 1. The Morgan fingerprint density at radius 2 is 1.78 bits per heavy atom. The summed E-state index contributed by atoms with van der Waals surface area (Å²) in [6.07, 6.45) is -4.07. The van der Waals surface area contributed by atoms with Gasteiger partial charge in [-0.3, -0.25) is 4.79 Å². The molecule has 0 aliphatic carbocycles. The number of aliphatic carboxylic acids is 2. The van der Waals surface area contributed by atoms with Crippen molar-refractivity contribution in [2.75, 3.05) is 27.2 Å². The molecular formula is C12H21F3N2O6. The SMILES string of the molecule is CN(C)CCCOC(=O)CC[C@H]([NH3+])C(=O)O.O=C([O-])C(F)(F)F. The number of carbonyl (C=O) groups is 3. The molecule has 0 saturated heterocycles. The van der Waals surface area contributed by atoms with E-state index >= 15 is 0 Å². The van der Waals surface area contributed by atoms with E-state index in [2.05, 4.69) is 5.73 Å². The van der Waals surface area contributed by atoms with Gasteiger partial charge in [0.15, 0.2) is 6.04 Å². The molecule has 0 bridgehead atoms. The molecule has 0 aromatic heterocycles. The molecule has 0 aliphatic rings. The van der Waals surface area contributed by atoms with E-state index in [0.29, 0.717) is 6.61 Å². The summed E-state index contributed by atoms with van der Waals surface area (Å²) < 4.78 is 36.5. The van der Waals surface area contributed by atoms with Gasteiger partial charge in [0, 0.05) is 13.0 Å². The Balaban J connectivity index is 0. The molecular weight excluding hydrogens is 325 g/mol. The van der Waals surface area contributed by atoms with Crippen molar-refractivity contribution in [1.82, 2.24) is 4.90 Å². The van der Waals surface area contributed by atoms with Gasteiger partial charge in [-0.1, -0.05) is 0 Å². The predicted molar refractivity (Wildman–Crippen MR) is 68.7 cm³/mol. The highest BCUT2D eigenvalue weighted by molar-refractivity contribution is 5.74. The first-order chi connectivity index (χ1) is 10.4. The molecule has 0 fully saturated rings. The maximum atomic E-state index is 11.2. The van der Waals surface area contributed by atoms with Crippen LogP contribution < -0.4 is 10.8 Å². The fraction of sp³-hybridized carbons (Fsp3) is 0.750. The van der Waals surface area contributed by atoms with Gasteiger partial charge >= 0.3 is 18.1 Å². The van der Waals surface area contributed by atoms with Crippen molar-refractivity contribution in [3.8, 4) is 0 Å². The van der Waals surface area contributed by atoms with E-state index in [0.717, 1.165) is 13.0 Å². The van der Waals surface area contributed by atoms with Gasteiger partial charge in [-0.25, -0.2) is 4.79 Å². The molecule has 11 heteroatoms. The second kappa shape index (κ2) is 11.7. The lowest BCUT2D eigenvalue weighted by molar-refractivity contribution is -0.408. The van der Waals surface area contributed by atoms with E-state index in [9.17, 15) is 22.8 Å². The summed E-state index contributed by atoms with van der Waals surface area (Å²) in [6.45, 7) is 1.24. The third-order valence-electron chi connectivity index (χ3n) is 2.29. The van der Waals surface area contributed by atoms with Crippen molar-refractivity contribution in [3.05, 3.63) is 0 Å². The van der Waals surface area contributed by atoms with Crippen molar-refractivity contribution >= 4 is 17.9 Å². The van der Waals surface area contributed by atoms with Crippen molar-refractivity contribution in [2.24, 2.45) is 0 Å². The minimum atomic E-state index is -5.19. The molecule has 0 unspecified atom stereocenters. The molecule has 0 radical (unpaired) electrons. The highest BCUT2D eigenvalue weighted by atomic mass is 19.4. The molecule has 8 nitrogen and oxygen atoms in total. The number of hydrogen-bond donors (Lipinski definition) is 2. The third kappa shape index (κ3) is 16.3. The highest BCUT2D eigenvalue weighted by Gasteiger charge is 2.28. The van der Waals surface area contributed by atoms with Gasteiger partial charge in [-0.2, -0.15) is 13.2 Å². The first-order valence-corrected chi connectivity index (χ1v) is 6.52. The zero-order valence-electron chi connectivity index (χ0n) is 12.9. The van der Waals surface area contributed by atoms with Crippen LogP contribution in [0.25, 0.3) is 0 Å². The van der Waals surface area contributed by atoms with Gasteiger partial charge in [0.2, 0.25) is 0 Å². The van der Waals surface area contributed by atoms with Crippen molar-refractivity contribution in [2.45, 2.75) is 31.5 Å². The number of carboxylic acids is 2. The average molecular weight is 346 g/mol. The Morgan fingerprint density at radius 1 is 1.30 bits per heavy atom. The van der Waals surface area contributed by atoms with Crippen LogP contribution in [0, 0.1) is 0 Å². The molecule has 0 saturated carbocycles. The standard InChI is InChI=1S/C10H20N2O4.C2HF3O2/c1-12(2)6-3-7-16-9(13)5-4-8(11)10(14)15;3-2(4,5)1(6)7/h8H,3-7,11H2,1-2H3,(H,14,15);(H,6,7)/t8-;/m0./s1. The molecule has 0 aromatic rings. The van der Waals surface area contributed by atoms with Crippen LogP contribution >= 0.6 is 0 Å². The summed E-state index contributed by atoms with van der Waals surface area (Å²) in [4.78, 5) is 32.4. The van der Waals surface area contributed by atoms with Crippen LogP contribution in [0.2, 0.25) is 0 Å². The molecule has 0 aromatic carbocycles. The molecule has 23 heavy (non-hydrogen) atoms. The van der Waals surface area contributed by atoms with Crippen LogP contribution in [0.4, 0.5) is 13.2 Å². The Morgan fingerprint density at radius 3 is 2.13 bits per heavy atom. The maximum absolute atomic E-state index is 11.2. The largest absolute Gasteiger partial charge is 0.542 e. The van der Waals surface area contributed by atoms with E-state index < -0.39 is 24.2 Å². The number of halogens is 3. The molecule has 1 atom stereocenters. The third-order valence-corrected chi connectivity index (χ3v) is 2.29. The molecule has 0 amide bonds. The van der Waals surface area contributed by atoms with Crippen LogP contribution in [-0.2, 0) is 19.1 Å².